The molecular formula is C13H21N3O. The number of hydrogen-bond acceptors (Lipinski definition) is 2. The molecule has 1 saturated heterocycles. The lowest BCUT2D eigenvalue weighted by Crippen LogP contribution is -2.59. The van der Waals surface area contributed by atoms with Crippen LogP contribution in [0.4, 0.5) is 0 Å². The Morgan fingerprint density at radius 1 is 1.53 bits per heavy atom. The Bertz CT molecular complexity index is 407. The molecule has 0 atom stereocenters. The van der Waals surface area contributed by atoms with E-state index in [1.165, 1.54) is 0 Å². The molecule has 1 aliphatic rings. The number of amides is 1. The third-order valence-corrected chi connectivity index (χ3v) is 3.52. The normalized spacial score (nSPS) is 15.7. The molecule has 1 N–H and O–H groups in total. The first kappa shape index (κ1) is 12.2. The van der Waals surface area contributed by atoms with Gasteiger partial charge in [0.1, 0.15) is 5.69 Å². The quantitative estimate of drug-likeness (QED) is 0.850. The Balaban J connectivity index is 2.18. The highest BCUT2D eigenvalue weighted by atomic mass is 16.2. The van der Waals surface area contributed by atoms with Crippen LogP contribution in [0.3, 0.4) is 0 Å². The largest absolute Gasteiger partial charge is 0.344 e. The van der Waals surface area contributed by atoms with Gasteiger partial charge in [0.25, 0.3) is 5.91 Å². The first-order valence-corrected chi connectivity index (χ1v) is 6.29. The van der Waals surface area contributed by atoms with Crippen molar-refractivity contribution in [2.45, 2.75) is 26.3 Å². The van der Waals surface area contributed by atoms with Crippen LogP contribution in [0.2, 0.25) is 0 Å². The summed E-state index contributed by atoms with van der Waals surface area (Å²) in [5, 5.41) is 3.23. The molecule has 1 aromatic rings. The van der Waals surface area contributed by atoms with Gasteiger partial charge in [-0.25, -0.2) is 0 Å². The smallest absolute Gasteiger partial charge is 0.270 e. The minimum Gasteiger partial charge on any atom is -0.344 e. The maximum atomic E-state index is 12.5. The van der Waals surface area contributed by atoms with Gasteiger partial charge in [-0.3, -0.25) is 4.79 Å². The fourth-order valence-corrected chi connectivity index (χ4v) is 2.16. The zero-order valence-electron chi connectivity index (χ0n) is 10.9. The number of carbonyl (C=O) groups is 1. The van der Waals surface area contributed by atoms with Crippen LogP contribution < -0.4 is 5.32 Å². The molecule has 2 rings (SSSR count). The van der Waals surface area contributed by atoms with Gasteiger partial charge in [0.05, 0.1) is 6.04 Å². The van der Waals surface area contributed by atoms with E-state index >= 15 is 0 Å². The molecule has 0 aromatic carbocycles. The summed E-state index contributed by atoms with van der Waals surface area (Å²) in [6.07, 6.45) is 1.01. The first-order valence-electron chi connectivity index (χ1n) is 6.29. The van der Waals surface area contributed by atoms with Crippen molar-refractivity contribution in [3.8, 4) is 0 Å². The number of nitrogens with one attached hydrogen (secondary N) is 1. The maximum absolute atomic E-state index is 12.5. The van der Waals surface area contributed by atoms with Crippen molar-refractivity contribution in [2.24, 2.45) is 7.05 Å². The van der Waals surface area contributed by atoms with Crippen LogP contribution in [-0.2, 0) is 7.05 Å². The molecular weight excluding hydrogens is 214 g/mol. The van der Waals surface area contributed by atoms with E-state index in [0.717, 1.165) is 37.4 Å². The minimum atomic E-state index is 0.161. The minimum absolute atomic E-state index is 0.161. The Kier molecular flexibility index (Phi) is 3.52. The standard InChI is InChI=1S/C13H21N3O/c1-4-7-16(11-8-14-9-11)13(17)12-6-5-10(2)15(12)3/h5-6,11,14H,4,7-9H2,1-3H3. The van der Waals surface area contributed by atoms with Gasteiger partial charge in [-0.2, -0.15) is 0 Å². The molecule has 0 saturated carbocycles. The van der Waals surface area contributed by atoms with Crippen LogP contribution in [0.15, 0.2) is 12.1 Å². The van der Waals surface area contributed by atoms with Crippen LogP contribution in [0, 0.1) is 6.92 Å². The second-order valence-corrected chi connectivity index (χ2v) is 4.73. The second kappa shape index (κ2) is 4.92. The van der Waals surface area contributed by atoms with E-state index in [1.54, 1.807) is 0 Å². The molecule has 0 radical (unpaired) electrons. The average Bonchev–Trinajstić information content (AvgIpc) is 2.56. The summed E-state index contributed by atoms with van der Waals surface area (Å²) in [4.78, 5) is 14.5. The Morgan fingerprint density at radius 2 is 2.24 bits per heavy atom. The van der Waals surface area contributed by atoms with Crippen molar-refractivity contribution in [1.29, 1.82) is 0 Å². The van der Waals surface area contributed by atoms with E-state index in [2.05, 4.69) is 12.2 Å². The van der Waals surface area contributed by atoms with Gasteiger partial charge in [-0.05, 0) is 25.5 Å². The van der Waals surface area contributed by atoms with E-state index in [0.29, 0.717) is 6.04 Å². The lowest BCUT2D eigenvalue weighted by Gasteiger charge is -2.38. The Morgan fingerprint density at radius 3 is 2.65 bits per heavy atom. The molecule has 0 bridgehead atoms. The number of aromatic nitrogens is 1. The van der Waals surface area contributed by atoms with Crippen LogP contribution >= 0.6 is 0 Å². The highest BCUT2D eigenvalue weighted by Gasteiger charge is 2.29. The highest BCUT2D eigenvalue weighted by molar-refractivity contribution is 5.93. The topological polar surface area (TPSA) is 37.3 Å². The van der Waals surface area contributed by atoms with E-state index in [1.807, 2.05) is 35.6 Å². The summed E-state index contributed by atoms with van der Waals surface area (Å²) in [7, 11) is 1.95. The van der Waals surface area contributed by atoms with Gasteiger partial charge in [0.2, 0.25) is 0 Å². The Labute approximate surface area is 103 Å². The molecule has 0 aliphatic carbocycles. The monoisotopic (exact) mass is 235 g/mol. The fraction of sp³-hybridized carbons (Fsp3) is 0.615. The third kappa shape index (κ3) is 2.22. The van der Waals surface area contributed by atoms with Crippen molar-refractivity contribution in [3.05, 3.63) is 23.5 Å². The van der Waals surface area contributed by atoms with Gasteiger partial charge < -0.3 is 14.8 Å². The maximum Gasteiger partial charge on any atom is 0.270 e. The molecule has 4 nitrogen and oxygen atoms in total. The molecule has 4 heteroatoms. The van der Waals surface area contributed by atoms with Gasteiger partial charge in [-0.1, -0.05) is 6.92 Å². The van der Waals surface area contributed by atoms with Gasteiger partial charge >= 0.3 is 0 Å². The number of rotatable bonds is 4. The van der Waals surface area contributed by atoms with E-state index < -0.39 is 0 Å². The van der Waals surface area contributed by atoms with E-state index in [-0.39, 0.29) is 5.91 Å². The van der Waals surface area contributed by atoms with E-state index in [4.69, 9.17) is 0 Å². The van der Waals surface area contributed by atoms with Gasteiger partial charge in [0, 0.05) is 32.4 Å². The zero-order chi connectivity index (χ0) is 12.4. The highest BCUT2D eigenvalue weighted by Crippen LogP contribution is 2.14. The molecule has 0 spiro atoms. The zero-order valence-corrected chi connectivity index (χ0v) is 10.9. The fourth-order valence-electron chi connectivity index (χ4n) is 2.16. The molecule has 94 valence electrons. The summed E-state index contributed by atoms with van der Waals surface area (Å²) in [6.45, 7) is 6.83. The number of hydrogen-bond donors (Lipinski definition) is 1. The summed E-state index contributed by atoms with van der Waals surface area (Å²) < 4.78 is 1.97. The van der Waals surface area contributed by atoms with Gasteiger partial charge in [0.15, 0.2) is 0 Å². The predicted molar refractivity (Wildman–Crippen MR) is 68.1 cm³/mol. The van der Waals surface area contributed by atoms with Crippen molar-refractivity contribution in [1.82, 2.24) is 14.8 Å². The number of nitrogens with zero attached hydrogens (tertiary/aromatic N) is 2. The summed E-state index contributed by atoms with van der Waals surface area (Å²) >= 11 is 0. The molecule has 1 amide bonds. The Hall–Kier alpha value is -1.29. The SMILES string of the molecule is CCCN(C(=O)c1ccc(C)n1C)C1CNC1. The summed E-state index contributed by atoms with van der Waals surface area (Å²) in [5.41, 5.74) is 1.92. The molecule has 1 aromatic heterocycles. The number of aryl methyl sites for hydroxylation is 1. The van der Waals surface area contributed by atoms with Crippen molar-refractivity contribution >= 4 is 5.91 Å². The van der Waals surface area contributed by atoms with Crippen LogP contribution in [0.25, 0.3) is 0 Å². The van der Waals surface area contributed by atoms with Crippen molar-refractivity contribution in [2.75, 3.05) is 19.6 Å². The second-order valence-electron chi connectivity index (χ2n) is 4.73. The van der Waals surface area contributed by atoms with Crippen molar-refractivity contribution < 1.29 is 4.79 Å². The third-order valence-electron chi connectivity index (χ3n) is 3.52. The van der Waals surface area contributed by atoms with Crippen LogP contribution in [0.5, 0.6) is 0 Å². The molecule has 1 fully saturated rings. The molecule has 17 heavy (non-hydrogen) atoms. The number of carbonyl (C=O) groups excluding carboxylic acids is 1. The predicted octanol–water partition coefficient (Wildman–Crippen LogP) is 1.16. The summed E-state index contributed by atoms with van der Waals surface area (Å²) in [6, 6.07) is 4.29. The molecule has 2 heterocycles. The van der Waals surface area contributed by atoms with Crippen LogP contribution in [-0.4, -0.2) is 41.1 Å². The lowest BCUT2D eigenvalue weighted by atomic mass is 10.1. The van der Waals surface area contributed by atoms with Gasteiger partial charge in [-0.15, -0.1) is 0 Å². The molecule has 0 unspecified atom stereocenters. The lowest BCUT2D eigenvalue weighted by molar-refractivity contribution is 0.0605. The average molecular weight is 235 g/mol. The summed E-state index contributed by atoms with van der Waals surface area (Å²) in [5.74, 6) is 0.161. The first-order chi connectivity index (χ1) is 8.15. The molecule has 1 aliphatic heterocycles. The van der Waals surface area contributed by atoms with Crippen LogP contribution in [0.1, 0.15) is 29.5 Å². The van der Waals surface area contributed by atoms with Crippen molar-refractivity contribution in [3.63, 3.8) is 0 Å². The van der Waals surface area contributed by atoms with E-state index in [9.17, 15) is 4.79 Å².